The first kappa shape index (κ1) is 18.2. The normalized spacial score (nSPS) is 11.7. The molecule has 130 valence electrons. The van der Waals surface area contributed by atoms with Crippen molar-refractivity contribution in [3.8, 4) is 0 Å². The average molecular weight is 350 g/mol. The molecule has 24 heavy (non-hydrogen) atoms. The maximum absolute atomic E-state index is 12.6. The summed E-state index contributed by atoms with van der Waals surface area (Å²) < 4.78 is 28.2. The maximum atomic E-state index is 12.6. The van der Waals surface area contributed by atoms with E-state index in [0.29, 0.717) is 30.0 Å². The molecular weight excluding hydrogens is 328 g/mol. The van der Waals surface area contributed by atoms with E-state index in [9.17, 15) is 13.2 Å². The molecule has 0 atom stereocenters. The van der Waals surface area contributed by atoms with Crippen LogP contribution in [0.5, 0.6) is 0 Å². The summed E-state index contributed by atoms with van der Waals surface area (Å²) >= 11 is 0. The van der Waals surface area contributed by atoms with Crippen LogP contribution in [0, 0.1) is 6.92 Å². The van der Waals surface area contributed by atoms with E-state index in [-0.39, 0.29) is 10.8 Å². The van der Waals surface area contributed by atoms with Crippen LogP contribution in [0.4, 0.5) is 5.82 Å². The SMILES string of the molecule is CCN(CC)S(=O)(=O)c1ccc(C)c(C(=O)Nc2ccn(C)n2)c1. The molecule has 0 saturated carbocycles. The fourth-order valence-corrected chi connectivity index (χ4v) is 3.87. The first-order valence-corrected chi connectivity index (χ1v) is 9.15. The van der Waals surface area contributed by atoms with Crippen molar-refractivity contribution in [3.05, 3.63) is 41.6 Å². The first-order valence-electron chi connectivity index (χ1n) is 7.71. The molecular formula is C16H22N4O3S. The molecule has 1 heterocycles. The minimum atomic E-state index is -3.61. The van der Waals surface area contributed by atoms with E-state index in [0.717, 1.165) is 0 Å². The molecule has 0 radical (unpaired) electrons. The van der Waals surface area contributed by atoms with E-state index in [2.05, 4.69) is 10.4 Å². The zero-order valence-corrected chi connectivity index (χ0v) is 15.1. The molecule has 7 nitrogen and oxygen atoms in total. The molecule has 0 spiro atoms. The molecule has 0 aliphatic heterocycles. The number of anilines is 1. The zero-order valence-electron chi connectivity index (χ0n) is 14.3. The van der Waals surface area contributed by atoms with Crippen LogP contribution in [0.3, 0.4) is 0 Å². The van der Waals surface area contributed by atoms with E-state index >= 15 is 0 Å². The Balaban J connectivity index is 2.36. The fraction of sp³-hybridized carbons (Fsp3) is 0.375. The first-order chi connectivity index (χ1) is 11.3. The van der Waals surface area contributed by atoms with Gasteiger partial charge in [-0.3, -0.25) is 9.48 Å². The van der Waals surface area contributed by atoms with Gasteiger partial charge in [-0.05, 0) is 24.6 Å². The molecule has 0 bridgehead atoms. The van der Waals surface area contributed by atoms with Gasteiger partial charge >= 0.3 is 0 Å². The van der Waals surface area contributed by atoms with Gasteiger partial charge in [-0.2, -0.15) is 9.40 Å². The molecule has 1 aromatic heterocycles. The Morgan fingerprint density at radius 3 is 2.46 bits per heavy atom. The van der Waals surface area contributed by atoms with E-state index in [1.807, 2.05) is 0 Å². The highest BCUT2D eigenvalue weighted by Crippen LogP contribution is 2.20. The third-order valence-corrected chi connectivity index (χ3v) is 5.80. The van der Waals surface area contributed by atoms with Crippen molar-refractivity contribution in [2.45, 2.75) is 25.7 Å². The topological polar surface area (TPSA) is 84.3 Å². The number of rotatable bonds is 6. The molecule has 2 rings (SSSR count). The van der Waals surface area contributed by atoms with Gasteiger partial charge in [0.1, 0.15) is 0 Å². The van der Waals surface area contributed by atoms with Crippen LogP contribution in [-0.4, -0.2) is 41.5 Å². The van der Waals surface area contributed by atoms with Crippen LogP contribution in [0.2, 0.25) is 0 Å². The average Bonchev–Trinajstić information content (AvgIpc) is 2.93. The summed E-state index contributed by atoms with van der Waals surface area (Å²) in [6, 6.07) is 6.26. The molecule has 1 amide bonds. The van der Waals surface area contributed by atoms with Crippen molar-refractivity contribution in [3.63, 3.8) is 0 Å². The number of hydrogen-bond acceptors (Lipinski definition) is 4. The lowest BCUT2D eigenvalue weighted by Crippen LogP contribution is -2.30. The van der Waals surface area contributed by atoms with Gasteiger partial charge in [0.25, 0.3) is 5.91 Å². The lowest BCUT2D eigenvalue weighted by molar-refractivity contribution is 0.102. The number of aryl methyl sites for hydroxylation is 2. The third-order valence-electron chi connectivity index (χ3n) is 3.75. The van der Waals surface area contributed by atoms with Crippen LogP contribution in [0.15, 0.2) is 35.4 Å². The highest BCUT2D eigenvalue weighted by atomic mass is 32.2. The quantitative estimate of drug-likeness (QED) is 0.864. The van der Waals surface area contributed by atoms with Crippen molar-refractivity contribution in [1.29, 1.82) is 0 Å². The van der Waals surface area contributed by atoms with E-state index in [1.54, 1.807) is 50.8 Å². The zero-order chi connectivity index (χ0) is 17.9. The largest absolute Gasteiger partial charge is 0.305 e. The number of carbonyl (C=O) groups excluding carboxylic acids is 1. The number of hydrogen-bond donors (Lipinski definition) is 1. The van der Waals surface area contributed by atoms with Crippen molar-refractivity contribution < 1.29 is 13.2 Å². The Morgan fingerprint density at radius 2 is 1.92 bits per heavy atom. The smallest absolute Gasteiger partial charge is 0.257 e. The van der Waals surface area contributed by atoms with Crippen LogP contribution < -0.4 is 5.32 Å². The minimum absolute atomic E-state index is 0.114. The minimum Gasteiger partial charge on any atom is -0.305 e. The van der Waals surface area contributed by atoms with Crippen LogP contribution in [0.25, 0.3) is 0 Å². The van der Waals surface area contributed by atoms with Crippen LogP contribution >= 0.6 is 0 Å². The number of nitrogens with one attached hydrogen (secondary N) is 1. The summed E-state index contributed by atoms with van der Waals surface area (Å²) in [5.74, 6) is 0.0294. The summed E-state index contributed by atoms with van der Waals surface area (Å²) in [5.41, 5.74) is 1.01. The predicted molar refractivity (Wildman–Crippen MR) is 92.4 cm³/mol. The van der Waals surface area contributed by atoms with Gasteiger partial charge in [-0.1, -0.05) is 19.9 Å². The summed E-state index contributed by atoms with van der Waals surface area (Å²) in [6.45, 7) is 6.08. The third kappa shape index (κ3) is 3.65. The molecule has 0 saturated heterocycles. The fourth-order valence-electron chi connectivity index (χ4n) is 2.38. The molecule has 1 N–H and O–H groups in total. The van der Waals surface area contributed by atoms with E-state index < -0.39 is 10.0 Å². The van der Waals surface area contributed by atoms with E-state index in [1.165, 1.54) is 16.4 Å². The number of aromatic nitrogens is 2. The van der Waals surface area contributed by atoms with Gasteiger partial charge in [-0.15, -0.1) is 0 Å². The molecule has 8 heteroatoms. The van der Waals surface area contributed by atoms with Crippen LogP contribution in [0.1, 0.15) is 29.8 Å². The Bertz CT molecular complexity index is 839. The second-order valence-corrected chi connectivity index (χ2v) is 7.33. The number of benzene rings is 1. The Morgan fingerprint density at radius 1 is 1.25 bits per heavy atom. The van der Waals surface area contributed by atoms with Crippen molar-refractivity contribution in [2.75, 3.05) is 18.4 Å². The lowest BCUT2D eigenvalue weighted by Gasteiger charge is -2.19. The Hall–Kier alpha value is -2.19. The number of nitrogens with zero attached hydrogens (tertiary/aromatic N) is 3. The summed E-state index contributed by atoms with van der Waals surface area (Å²) in [4.78, 5) is 12.6. The highest BCUT2D eigenvalue weighted by Gasteiger charge is 2.23. The van der Waals surface area contributed by atoms with Crippen molar-refractivity contribution >= 4 is 21.7 Å². The van der Waals surface area contributed by atoms with Gasteiger partial charge in [0, 0.05) is 38.0 Å². The van der Waals surface area contributed by atoms with Gasteiger partial charge < -0.3 is 5.32 Å². The number of amides is 1. The molecule has 2 aromatic rings. The van der Waals surface area contributed by atoms with Gasteiger partial charge in [0.15, 0.2) is 5.82 Å². The van der Waals surface area contributed by atoms with Crippen molar-refractivity contribution in [1.82, 2.24) is 14.1 Å². The molecule has 1 aromatic carbocycles. The summed E-state index contributed by atoms with van der Waals surface area (Å²) in [5, 5.41) is 6.77. The van der Waals surface area contributed by atoms with E-state index in [4.69, 9.17) is 0 Å². The van der Waals surface area contributed by atoms with Crippen molar-refractivity contribution in [2.24, 2.45) is 7.05 Å². The second kappa shape index (κ2) is 7.14. The molecule has 0 unspecified atom stereocenters. The number of sulfonamides is 1. The number of carbonyl (C=O) groups is 1. The predicted octanol–water partition coefficient (Wildman–Crippen LogP) is 2.01. The molecule has 0 fully saturated rings. The molecule has 0 aliphatic carbocycles. The van der Waals surface area contributed by atoms with Gasteiger partial charge in [0.05, 0.1) is 4.90 Å². The van der Waals surface area contributed by atoms with Gasteiger partial charge in [-0.25, -0.2) is 8.42 Å². The second-order valence-electron chi connectivity index (χ2n) is 5.39. The highest BCUT2D eigenvalue weighted by molar-refractivity contribution is 7.89. The summed E-state index contributed by atoms with van der Waals surface area (Å²) in [7, 11) is -1.86. The van der Waals surface area contributed by atoms with Crippen LogP contribution in [-0.2, 0) is 17.1 Å². The summed E-state index contributed by atoms with van der Waals surface area (Å²) in [6.07, 6.45) is 1.71. The molecule has 0 aliphatic rings. The standard InChI is InChI=1S/C16H22N4O3S/c1-5-20(6-2)24(22,23)13-8-7-12(3)14(11-13)16(21)17-15-9-10-19(4)18-15/h7-11H,5-6H2,1-4H3,(H,17,18,21). The maximum Gasteiger partial charge on any atom is 0.257 e. The van der Waals surface area contributed by atoms with Gasteiger partial charge in [0.2, 0.25) is 10.0 Å². The lowest BCUT2D eigenvalue weighted by atomic mass is 10.1. The Kier molecular flexibility index (Phi) is 5.40. The Labute approximate surface area is 142 Å². The monoisotopic (exact) mass is 350 g/mol.